The fourth-order valence-corrected chi connectivity index (χ4v) is 5.85. The molecule has 0 saturated carbocycles. The van der Waals surface area contributed by atoms with Crippen LogP contribution < -0.4 is 0 Å². The third-order valence-electron chi connectivity index (χ3n) is 4.60. The van der Waals surface area contributed by atoms with Crippen LogP contribution in [0.4, 0.5) is 0 Å². The molecular formula is C17H22N2O5S2. The molecule has 1 atom stereocenters. The molecule has 142 valence electrons. The van der Waals surface area contributed by atoms with Crippen LogP contribution in [0.25, 0.3) is 0 Å². The fourth-order valence-electron chi connectivity index (χ4n) is 3.16. The van der Waals surface area contributed by atoms with Crippen molar-refractivity contribution < 1.29 is 22.7 Å². The van der Waals surface area contributed by atoms with Crippen LogP contribution in [0.1, 0.15) is 23.2 Å². The van der Waals surface area contributed by atoms with Gasteiger partial charge >= 0.3 is 5.97 Å². The Bertz CT molecular complexity index is 790. The van der Waals surface area contributed by atoms with Gasteiger partial charge in [-0.2, -0.15) is 4.31 Å². The van der Waals surface area contributed by atoms with E-state index in [1.165, 1.54) is 35.3 Å². The van der Waals surface area contributed by atoms with E-state index < -0.39 is 15.3 Å². The summed E-state index contributed by atoms with van der Waals surface area (Å²) >= 11 is 1.47. The number of sulfonamides is 1. The first-order chi connectivity index (χ1) is 12.4. The summed E-state index contributed by atoms with van der Waals surface area (Å²) in [5.41, 5.74) is 0.320. The lowest BCUT2D eigenvalue weighted by Crippen LogP contribution is -2.45. The smallest absolute Gasteiger partial charge is 0.320 e. The highest BCUT2D eigenvalue weighted by atomic mass is 32.2. The molecule has 0 aliphatic carbocycles. The number of hydrogen-bond donors (Lipinski definition) is 0. The molecule has 2 aliphatic heterocycles. The van der Waals surface area contributed by atoms with Crippen LogP contribution in [0.5, 0.6) is 0 Å². The molecule has 0 N–H and O–H groups in total. The van der Waals surface area contributed by atoms with E-state index in [1.54, 1.807) is 17.0 Å². The van der Waals surface area contributed by atoms with Crippen molar-refractivity contribution in [1.82, 2.24) is 9.21 Å². The van der Waals surface area contributed by atoms with Crippen LogP contribution in [-0.4, -0.2) is 73.8 Å². The van der Waals surface area contributed by atoms with E-state index in [2.05, 4.69) is 0 Å². The highest BCUT2D eigenvalue weighted by Gasteiger charge is 2.31. The predicted octanol–water partition coefficient (Wildman–Crippen LogP) is 1.20. The van der Waals surface area contributed by atoms with Gasteiger partial charge in [-0.05, 0) is 31.0 Å². The van der Waals surface area contributed by atoms with Crippen molar-refractivity contribution in [2.24, 2.45) is 0 Å². The van der Waals surface area contributed by atoms with Gasteiger partial charge in [-0.3, -0.25) is 9.59 Å². The van der Waals surface area contributed by atoms with Crippen molar-refractivity contribution in [2.75, 3.05) is 39.0 Å². The Morgan fingerprint density at radius 3 is 2.62 bits per heavy atom. The highest BCUT2D eigenvalue weighted by Crippen LogP contribution is 2.24. The van der Waals surface area contributed by atoms with Crippen molar-refractivity contribution in [2.45, 2.75) is 23.0 Å². The molecule has 1 aromatic carbocycles. The standard InChI is InChI=1S/C17H22N2O5S2/c1-24-17(21)15-12-18(9-10-25-15)16(20)13-5-4-6-14(11-13)26(22,23)19-7-2-3-8-19/h4-6,11,15H,2-3,7-10,12H2,1H3/t15-/m0/s1. The predicted molar refractivity (Wildman–Crippen MR) is 98.6 cm³/mol. The maximum atomic E-state index is 12.8. The SMILES string of the molecule is COC(=O)[C@@H]1CN(C(=O)c2cccc(S(=O)(=O)N3CCCC3)c2)CCS1. The number of methoxy groups -OCH3 is 1. The Morgan fingerprint density at radius 2 is 1.92 bits per heavy atom. The summed E-state index contributed by atoms with van der Waals surface area (Å²) in [5.74, 6) is 0.0209. The van der Waals surface area contributed by atoms with Gasteiger partial charge in [-0.25, -0.2) is 8.42 Å². The molecule has 26 heavy (non-hydrogen) atoms. The number of benzene rings is 1. The number of hydrogen-bond acceptors (Lipinski definition) is 6. The Morgan fingerprint density at radius 1 is 1.19 bits per heavy atom. The van der Waals surface area contributed by atoms with Gasteiger partial charge in [0.05, 0.1) is 12.0 Å². The largest absolute Gasteiger partial charge is 0.468 e. The Labute approximate surface area is 157 Å². The summed E-state index contributed by atoms with van der Waals surface area (Å²) in [7, 11) is -2.24. The summed E-state index contributed by atoms with van der Waals surface area (Å²) in [5, 5.41) is -0.408. The maximum absolute atomic E-state index is 12.8. The second-order valence-electron chi connectivity index (χ2n) is 6.27. The lowest BCUT2D eigenvalue weighted by Gasteiger charge is -2.31. The third-order valence-corrected chi connectivity index (χ3v) is 7.66. The van der Waals surface area contributed by atoms with Gasteiger partial charge < -0.3 is 9.64 Å². The molecule has 1 aromatic rings. The molecule has 1 amide bonds. The topological polar surface area (TPSA) is 84.0 Å². The monoisotopic (exact) mass is 398 g/mol. The van der Waals surface area contributed by atoms with Crippen LogP contribution in [0, 0.1) is 0 Å². The van der Waals surface area contributed by atoms with Gasteiger partial charge in [-0.1, -0.05) is 6.07 Å². The zero-order valence-electron chi connectivity index (χ0n) is 14.6. The molecule has 0 radical (unpaired) electrons. The number of thioether (sulfide) groups is 1. The van der Waals surface area contributed by atoms with Crippen molar-refractivity contribution in [3.05, 3.63) is 29.8 Å². The number of esters is 1. The molecule has 0 unspecified atom stereocenters. The lowest BCUT2D eigenvalue weighted by molar-refractivity contribution is -0.140. The molecule has 0 aromatic heterocycles. The van der Waals surface area contributed by atoms with Crippen LogP contribution in [0.2, 0.25) is 0 Å². The molecule has 2 saturated heterocycles. The number of carbonyl (C=O) groups is 2. The minimum atomic E-state index is -3.57. The molecule has 9 heteroatoms. The fraction of sp³-hybridized carbons (Fsp3) is 0.529. The van der Waals surface area contributed by atoms with E-state index in [0.29, 0.717) is 31.0 Å². The van der Waals surface area contributed by atoms with E-state index in [1.807, 2.05) is 0 Å². The quantitative estimate of drug-likeness (QED) is 0.709. The van der Waals surface area contributed by atoms with Crippen molar-refractivity contribution in [3.8, 4) is 0 Å². The summed E-state index contributed by atoms with van der Waals surface area (Å²) in [4.78, 5) is 26.3. The van der Waals surface area contributed by atoms with Gasteiger partial charge in [0.1, 0.15) is 5.25 Å². The highest BCUT2D eigenvalue weighted by molar-refractivity contribution is 8.00. The molecule has 3 rings (SSSR count). The third kappa shape index (κ3) is 3.89. The minimum Gasteiger partial charge on any atom is -0.468 e. The molecular weight excluding hydrogens is 376 g/mol. The summed E-state index contributed by atoms with van der Waals surface area (Å²) in [6, 6.07) is 6.16. The molecule has 0 spiro atoms. The summed E-state index contributed by atoms with van der Waals surface area (Å²) in [6.07, 6.45) is 1.72. The summed E-state index contributed by atoms with van der Waals surface area (Å²) in [6.45, 7) is 1.81. The van der Waals surface area contributed by atoms with Gasteiger partial charge in [-0.15, -0.1) is 11.8 Å². The number of amides is 1. The molecule has 2 aliphatic rings. The average Bonchev–Trinajstić information content (AvgIpc) is 3.22. The van der Waals surface area contributed by atoms with Crippen molar-refractivity contribution in [3.63, 3.8) is 0 Å². The number of ether oxygens (including phenoxy) is 1. The van der Waals surface area contributed by atoms with E-state index in [0.717, 1.165) is 12.8 Å². The number of carbonyl (C=O) groups excluding carboxylic acids is 2. The Balaban J connectivity index is 1.79. The van der Waals surface area contributed by atoms with Crippen LogP contribution >= 0.6 is 11.8 Å². The molecule has 2 fully saturated rings. The van der Waals surface area contributed by atoms with E-state index in [4.69, 9.17) is 4.74 Å². The zero-order chi connectivity index (χ0) is 18.7. The normalized spacial score (nSPS) is 21.6. The number of rotatable bonds is 4. The first-order valence-electron chi connectivity index (χ1n) is 8.52. The average molecular weight is 399 g/mol. The van der Waals surface area contributed by atoms with E-state index >= 15 is 0 Å². The van der Waals surface area contributed by atoms with E-state index in [-0.39, 0.29) is 23.3 Å². The van der Waals surface area contributed by atoms with Crippen LogP contribution in [-0.2, 0) is 19.6 Å². The molecule has 7 nitrogen and oxygen atoms in total. The Hall–Kier alpha value is -1.58. The zero-order valence-corrected chi connectivity index (χ0v) is 16.2. The molecule has 0 bridgehead atoms. The van der Waals surface area contributed by atoms with Gasteiger partial charge in [0.25, 0.3) is 5.91 Å². The number of nitrogens with zero attached hydrogens (tertiary/aromatic N) is 2. The Kier molecular flexibility index (Phi) is 5.89. The van der Waals surface area contributed by atoms with Crippen molar-refractivity contribution >= 4 is 33.7 Å². The first kappa shape index (κ1) is 19.2. The maximum Gasteiger partial charge on any atom is 0.320 e. The van der Waals surface area contributed by atoms with Crippen molar-refractivity contribution in [1.29, 1.82) is 0 Å². The van der Waals surface area contributed by atoms with Gasteiger partial charge in [0.2, 0.25) is 10.0 Å². The summed E-state index contributed by atoms with van der Waals surface area (Å²) < 4.78 is 31.6. The van der Waals surface area contributed by atoms with Gasteiger partial charge in [0, 0.05) is 37.5 Å². The minimum absolute atomic E-state index is 0.140. The molecule has 2 heterocycles. The van der Waals surface area contributed by atoms with E-state index in [9.17, 15) is 18.0 Å². The lowest BCUT2D eigenvalue weighted by atomic mass is 10.2. The van der Waals surface area contributed by atoms with Crippen LogP contribution in [0.3, 0.4) is 0 Å². The second-order valence-corrected chi connectivity index (χ2v) is 9.52. The van der Waals surface area contributed by atoms with Gasteiger partial charge in [0.15, 0.2) is 0 Å². The second kappa shape index (κ2) is 7.98. The first-order valence-corrected chi connectivity index (χ1v) is 11.0. The van der Waals surface area contributed by atoms with Crippen LogP contribution in [0.15, 0.2) is 29.2 Å².